The molecule has 0 aliphatic heterocycles. The molecule has 0 radical (unpaired) electrons. The Morgan fingerprint density at radius 2 is 1.38 bits per heavy atom. The minimum absolute atomic E-state index is 0.0312. The molecule has 0 atom stereocenters. The normalized spacial score (nSPS) is 10.8. The maximum absolute atomic E-state index is 11.4. The van der Waals surface area contributed by atoms with Crippen LogP contribution in [0.2, 0.25) is 0 Å². The standard InChI is InChI=1S/C16H12N2O4S3.C15H12N2O2S3/c1-8-12(16(23-2)25-13(8)15(19)20)14-17-11(7-24-14)9-3-5-10(6-4-9)18(21)22;1-20-15-10(6-12(22-15)14(18)19)13-17-11(7-21-13)8-2-4-9(16)5-3-8/h3-7H,1-2H3,(H,19,20);2-7H,16H2,1H3,(H,18,19). The van der Waals surface area contributed by atoms with Crippen molar-refractivity contribution < 1.29 is 24.7 Å². The molecule has 0 saturated carbocycles. The number of carboxylic acid groups (broad SMARTS) is 2. The molecule has 4 aromatic heterocycles. The number of nitrogens with two attached hydrogens (primary N) is 1. The van der Waals surface area contributed by atoms with Gasteiger partial charge in [-0.3, -0.25) is 10.1 Å². The van der Waals surface area contributed by atoms with Crippen molar-refractivity contribution in [1.82, 2.24) is 9.97 Å². The molecule has 10 nitrogen and oxygen atoms in total. The Morgan fingerprint density at radius 3 is 1.91 bits per heavy atom. The fourth-order valence-corrected chi connectivity index (χ4v) is 9.99. The largest absolute Gasteiger partial charge is 0.477 e. The Balaban J connectivity index is 0.000000186. The van der Waals surface area contributed by atoms with Crippen molar-refractivity contribution in [2.45, 2.75) is 15.3 Å². The molecular formula is C31H24N4O6S6. The fraction of sp³-hybridized carbons (Fsp3) is 0.0968. The molecule has 2 aromatic carbocycles. The minimum Gasteiger partial charge on any atom is -0.477 e. The van der Waals surface area contributed by atoms with Crippen LogP contribution in [0.4, 0.5) is 11.4 Å². The number of thiophene rings is 2. The van der Waals surface area contributed by atoms with Crippen molar-refractivity contribution in [2.24, 2.45) is 0 Å². The molecule has 4 N–H and O–H groups in total. The van der Waals surface area contributed by atoms with E-state index in [4.69, 9.17) is 10.8 Å². The quantitative estimate of drug-likeness (QED) is 0.0558. The fourth-order valence-electron chi connectivity index (χ4n) is 4.32. The third-order valence-corrected chi connectivity index (χ3v) is 13.0. The van der Waals surface area contributed by atoms with Gasteiger partial charge >= 0.3 is 11.9 Å². The Labute approximate surface area is 293 Å². The number of nitrogen functional groups attached to an aromatic ring is 1. The van der Waals surface area contributed by atoms with Gasteiger partial charge in [0.1, 0.15) is 19.8 Å². The Hall–Kier alpha value is -4.06. The molecule has 4 heterocycles. The van der Waals surface area contributed by atoms with Crippen LogP contribution in [0, 0.1) is 17.0 Å². The summed E-state index contributed by atoms with van der Waals surface area (Å²) in [5, 5.41) is 34.7. The molecule has 6 rings (SSSR count). The van der Waals surface area contributed by atoms with E-state index < -0.39 is 16.9 Å². The van der Waals surface area contributed by atoms with Gasteiger partial charge in [0.25, 0.3) is 5.69 Å². The zero-order valence-corrected chi connectivity index (χ0v) is 29.6. The number of carbonyl (C=O) groups is 2. The van der Waals surface area contributed by atoms with Crippen molar-refractivity contribution in [2.75, 3.05) is 18.2 Å². The van der Waals surface area contributed by atoms with Crippen molar-refractivity contribution in [3.63, 3.8) is 0 Å². The highest BCUT2D eigenvalue weighted by Gasteiger charge is 2.23. The SMILES string of the molecule is CSc1sc(C(=O)O)c(C)c1-c1nc(-c2ccc([N+](=O)[O-])cc2)cs1.CSc1sc(C(=O)O)cc1-c1nc(-c2ccc(N)cc2)cs1. The summed E-state index contributed by atoms with van der Waals surface area (Å²) < 4.78 is 1.88. The number of aromatic carboxylic acids is 2. The second-order valence-corrected chi connectivity index (χ2v) is 15.5. The van der Waals surface area contributed by atoms with Gasteiger partial charge in [-0.05, 0) is 55.3 Å². The molecule has 0 spiro atoms. The number of hydrogen-bond acceptors (Lipinski definition) is 13. The average Bonchev–Trinajstić information content (AvgIpc) is 3.87. The maximum atomic E-state index is 11.4. The van der Waals surface area contributed by atoms with E-state index in [1.807, 2.05) is 47.5 Å². The number of aromatic nitrogens is 2. The summed E-state index contributed by atoms with van der Waals surface area (Å²) in [6, 6.07) is 15.5. The van der Waals surface area contributed by atoms with Gasteiger partial charge in [-0.25, -0.2) is 19.6 Å². The Bertz CT molecular complexity index is 2080. The lowest BCUT2D eigenvalue weighted by molar-refractivity contribution is -0.384. The van der Waals surface area contributed by atoms with E-state index in [2.05, 4.69) is 9.97 Å². The Morgan fingerprint density at radius 1 is 0.830 bits per heavy atom. The van der Waals surface area contributed by atoms with Crippen LogP contribution in [0.25, 0.3) is 43.7 Å². The zero-order chi connectivity index (χ0) is 33.8. The van der Waals surface area contributed by atoms with Crippen LogP contribution in [-0.4, -0.2) is 49.6 Å². The highest BCUT2D eigenvalue weighted by atomic mass is 32.2. The van der Waals surface area contributed by atoms with Gasteiger partial charge in [0, 0.05) is 50.8 Å². The topological polar surface area (TPSA) is 170 Å². The van der Waals surface area contributed by atoms with Crippen molar-refractivity contribution in [3.05, 3.63) is 90.8 Å². The van der Waals surface area contributed by atoms with Crippen molar-refractivity contribution in [1.29, 1.82) is 0 Å². The summed E-state index contributed by atoms with van der Waals surface area (Å²) in [6.45, 7) is 1.79. The van der Waals surface area contributed by atoms with Gasteiger partial charge in [0.15, 0.2) is 0 Å². The van der Waals surface area contributed by atoms with Gasteiger partial charge < -0.3 is 15.9 Å². The molecule has 47 heavy (non-hydrogen) atoms. The van der Waals surface area contributed by atoms with Crippen LogP contribution in [-0.2, 0) is 0 Å². The number of thioether (sulfide) groups is 2. The van der Waals surface area contributed by atoms with Gasteiger partial charge in [0.05, 0.1) is 24.7 Å². The first kappa shape index (κ1) is 34.3. The molecule has 6 aromatic rings. The van der Waals surface area contributed by atoms with Gasteiger partial charge in [-0.2, -0.15) is 0 Å². The predicted octanol–water partition coefficient (Wildman–Crippen LogP) is 9.72. The number of non-ortho nitro benzene ring substituents is 1. The van der Waals surface area contributed by atoms with Crippen LogP contribution in [0.15, 0.2) is 73.8 Å². The molecule has 0 saturated heterocycles. The molecule has 0 unspecified atom stereocenters. The number of anilines is 1. The molecule has 0 fully saturated rings. The number of nitro groups is 1. The maximum Gasteiger partial charge on any atom is 0.346 e. The first-order chi connectivity index (χ1) is 22.5. The van der Waals surface area contributed by atoms with E-state index in [9.17, 15) is 24.8 Å². The molecular weight excluding hydrogens is 717 g/mol. The lowest BCUT2D eigenvalue weighted by atomic mass is 10.1. The Kier molecular flexibility index (Phi) is 10.8. The van der Waals surface area contributed by atoms with Crippen molar-refractivity contribution in [3.8, 4) is 43.7 Å². The number of benzene rings is 2. The van der Waals surface area contributed by atoms with Gasteiger partial charge in [0.2, 0.25) is 0 Å². The van der Waals surface area contributed by atoms with E-state index in [1.54, 1.807) is 36.9 Å². The lowest BCUT2D eigenvalue weighted by Gasteiger charge is -2.00. The molecule has 0 aliphatic carbocycles. The average molecular weight is 741 g/mol. The molecule has 240 valence electrons. The van der Waals surface area contributed by atoms with Crippen LogP contribution in [0.5, 0.6) is 0 Å². The van der Waals surface area contributed by atoms with Gasteiger partial charge in [-0.15, -0.1) is 68.9 Å². The van der Waals surface area contributed by atoms with E-state index in [-0.39, 0.29) is 5.69 Å². The molecule has 0 amide bonds. The van der Waals surface area contributed by atoms with E-state index >= 15 is 0 Å². The van der Waals surface area contributed by atoms with Crippen LogP contribution in [0.1, 0.15) is 24.9 Å². The summed E-state index contributed by atoms with van der Waals surface area (Å²) in [5.41, 5.74) is 12.3. The second-order valence-electron chi connectivity index (χ2n) is 9.55. The summed E-state index contributed by atoms with van der Waals surface area (Å²) in [4.78, 5) is 42.7. The van der Waals surface area contributed by atoms with E-state index in [0.717, 1.165) is 46.4 Å². The number of rotatable bonds is 9. The molecule has 0 aliphatic rings. The summed E-state index contributed by atoms with van der Waals surface area (Å²) in [7, 11) is 0. The number of thiazole rings is 2. The summed E-state index contributed by atoms with van der Waals surface area (Å²) >= 11 is 8.52. The van der Waals surface area contributed by atoms with E-state index in [1.165, 1.54) is 69.2 Å². The summed E-state index contributed by atoms with van der Waals surface area (Å²) in [6.07, 6.45) is 3.85. The number of hydrogen-bond donors (Lipinski definition) is 3. The van der Waals surface area contributed by atoms with Crippen LogP contribution >= 0.6 is 68.9 Å². The summed E-state index contributed by atoms with van der Waals surface area (Å²) in [5.74, 6) is -1.84. The number of nitro benzene ring substituents is 1. The van der Waals surface area contributed by atoms with E-state index in [0.29, 0.717) is 26.7 Å². The number of nitrogens with zero attached hydrogens (tertiary/aromatic N) is 3. The lowest BCUT2D eigenvalue weighted by Crippen LogP contribution is -1.94. The van der Waals surface area contributed by atoms with Crippen LogP contribution in [0.3, 0.4) is 0 Å². The third-order valence-electron chi connectivity index (χ3n) is 6.62. The minimum atomic E-state index is -0.934. The van der Waals surface area contributed by atoms with Gasteiger partial charge in [-0.1, -0.05) is 12.1 Å². The number of carboxylic acids is 2. The first-order valence-electron chi connectivity index (χ1n) is 13.3. The first-order valence-corrected chi connectivity index (χ1v) is 19.2. The highest BCUT2D eigenvalue weighted by Crippen LogP contribution is 2.44. The highest BCUT2D eigenvalue weighted by molar-refractivity contribution is 8.00. The monoisotopic (exact) mass is 740 g/mol. The zero-order valence-electron chi connectivity index (χ0n) is 24.7. The smallest absolute Gasteiger partial charge is 0.346 e. The molecule has 0 bridgehead atoms. The molecule has 16 heteroatoms. The third kappa shape index (κ3) is 7.58. The van der Waals surface area contributed by atoms with Crippen molar-refractivity contribution >= 4 is 92.2 Å². The van der Waals surface area contributed by atoms with Crippen LogP contribution < -0.4 is 5.73 Å². The second kappa shape index (κ2) is 14.8. The predicted molar refractivity (Wildman–Crippen MR) is 195 cm³/mol.